The fourth-order valence-electron chi connectivity index (χ4n) is 4.19. The number of carbonyl (C=O) groups is 2. The van der Waals surface area contributed by atoms with Crippen LogP contribution in [-0.4, -0.2) is 27.8 Å². The van der Waals surface area contributed by atoms with Gasteiger partial charge in [-0.05, 0) is 35.4 Å². The third-order valence-electron chi connectivity index (χ3n) is 6.15. The molecule has 194 valence electrons. The van der Waals surface area contributed by atoms with E-state index in [4.69, 9.17) is 14.2 Å². The van der Waals surface area contributed by atoms with Gasteiger partial charge in [0.1, 0.15) is 13.2 Å². The van der Waals surface area contributed by atoms with E-state index in [-0.39, 0.29) is 50.7 Å². The maximum atomic E-state index is 13.3. The molecule has 0 unspecified atom stereocenters. The molecule has 1 aromatic heterocycles. The van der Waals surface area contributed by atoms with Crippen LogP contribution < -0.4 is 26.0 Å². The van der Waals surface area contributed by atoms with E-state index < -0.39 is 17.2 Å². The van der Waals surface area contributed by atoms with Crippen molar-refractivity contribution in [2.45, 2.75) is 32.7 Å². The average molecular weight is 516 g/mol. The number of hydrogen-bond acceptors (Lipinski definition) is 7. The van der Waals surface area contributed by atoms with Crippen molar-refractivity contribution >= 4 is 22.8 Å². The van der Waals surface area contributed by atoms with Crippen LogP contribution in [-0.2, 0) is 40.6 Å². The summed E-state index contributed by atoms with van der Waals surface area (Å²) in [4.78, 5) is 51.5. The summed E-state index contributed by atoms with van der Waals surface area (Å²) in [6, 6.07) is 21.1. The zero-order valence-corrected chi connectivity index (χ0v) is 20.4. The SMILES string of the molecule is O=C(CCn1c(=O)c2ccccc2n(CC(=O)OCc2ccccc2)c1=O)NCc1ccc2c(c1)OCO2. The molecule has 0 fully saturated rings. The maximum absolute atomic E-state index is 13.3. The van der Waals surface area contributed by atoms with Crippen LogP contribution in [0.15, 0.2) is 82.4 Å². The lowest BCUT2D eigenvalue weighted by atomic mass is 10.2. The fourth-order valence-corrected chi connectivity index (χ4v) is 4.19. The highest BCUT2D eigenvalue weighted by molar-refractivity contribution is 5.80. The Morgan fingerprint density at radius 2 is 1.63 bits per heavy atom. The molecule has 1 N–H and O–H groups in total. The van der Waals surface area contributed by atoms with Crippen molar-refractivity contribution in [3.63, 3.8) is 0 Å². The molecule has 4 aromatic rings. The first-order valence-electron chi connectivity index (χ1n) is 12.1. The van der Waals surface area contributed by atoms with Crippen molar-refractivity contribution in [1.82, 2.24) is 14.5 Å². The van der Waals surface area contributed by atoms with Crippen molar-refractivity contribution < 1.29 is 23.8 Å². The molecule has 1 amide bonds. The van der Waals surface area contributed by atoms with Crippen molar-refractivity contribution in [2.24, 2.45) is 0 Å². The van der Waals surface area contributed by atoms with Crippen LogP contribution >= 0.6 is 0 Å². The molecular formula is C28H25N3O7. The summed E-state index contributed by atoms with van der Waals surface area (Å²) in [7, 11) is 0. The number of rotatable bonds is 9. The summed E-state index contributed by atoms with van der Waals surface area (Å²) in [5, 5.41) is 3.05. The Bertz CT molecular complexity index is 1610. The second-order valence-corrected chi connectivity index (χ2v) is 8.70. The summed E-state index contributed by atoms with van der Waals surface area (Å²) in [6.45, 7) is -0.0413. The van der Waals surface area contributed by atoms with Gasteiger partial charge in [-0.15, -0.1) is 0 Å². The van der Waals surface area contributed by atoms with Crippen LogP contribution in [0.2, 0.25) is 0 Å². The van der Waals surface area contributed by atoms with E-state index in [2.05, 4.69) is 5.32 Å². The summed E-state index contributed by atoms with van der Waals surface area (Å²) >= 11 is 0. The Balaban J connectivity index is 1.28. The number of fused-ring (bicyclic) bond motifs is 2. The average Bonchev–Trinajstić information content (AvgIpc) is 3.41. The topological polar surface area (TPSA) is 118 Å². The maximum Gasteiger partial charge on any atom is 0.332 e. The van der Waals surface area contributed by atoms with Crippen LogP contribution in [0.5, 0.6) is 11.5 Å². The third-order valence-corrected chi connectivity index (χ3v) is 6.15. The van der Waals surface area contributed by atoms with Gasteiger partial charge in [-0.25, -0.2) is 4.79 Å². The molecule has 0 spiro atoms. The molecule has 1 aliphatic heterocycles. The molecular weight excluding hydrogens is 490 g/mol. The summed E-state index contributed by atoms with van der Waals surface area (Å²) in [5.41, 5.74) is 0.747. The number of benzene rings is 3. The highest BCUT2D eigenvalue weighted by atomic mass is 16.7. The Labute approximate surface area is 217 Å². The van der Waals surface area contributed by atoms with Gasteiger partial charge in [0.05, 0.1) is 10.9 Å². The second-order valence-electron chi connectivity index (χ2n) is 8.70. The number of esters is 1. The van der Waals surface area contributed by atoms with Gasteiger partial charge < -0.3 is 19.5 Å². The quantitative estimate of drug-likeness (QED) is 0.340. The van der Waals surface area contributed by atoms with E-state index in [1.165, 1.54) is 4.57 Å². The molecule has 1 aliphatic rings. The first-order chi connectivity index (χ1) is 18.5. The Kier molecular flexibility index (Phi) is 7.21. The lowest BCUT2D eigenvalue weighted by molar-refractivity contribution is -0.145. The lowest BCUT2D eigenvalue weighted by Crippen LogP contribution is -2.42. The Hall–Kier alpha value is -4.86. The molecule has 2 heterocycles. The van der Waals surface area contributed by atoms with Gasteiger partial charge in [-0.1, -0.05) is 48.5 Å². The smallest absolute Gasteiger partial charge is 0.332 e. The van der Waals surface area contributed by atoms with Gasteiger partial charge in [0.25, 0.3) is 5.56 Å². The van der Waals surface area contributed by atoms with Crippen molar-refractivity contribution in [3.05, 3.63) is 105 Å². The Morgan fingerprint density at radius 1 is 0.868 bits per heavy atom. The number of amides is 1. The first kappa shape index (κ1) is 24.8. The minimum atomic E-state index is -0.686. The number of ether oxygens (including phenoxy) is 3. The molecule has 10 heteroatoms. The zero-order valence-electron chi connectivity index (χ0n) is 20.4. The molecule has 0 aliphatic carbocycles. The van der Waals surface area contributed by atoms with Crippen LogP contribution in [0, 0.1) is 0 Å². The fraction of sp³-hybridized carbons (Fsp3) is 0.214. The number of para-hydroxylation sites is 1. The van der Waals surface area contributed by atoms with E-state index in [0.717, 1.165) is 15.7 Å². The molecule has 38 heavy (non-hydrogen) atoms. The Morgan fingerprint density at radius 3 is 2.47 bits per heavy atom. The van der Waals surface area contributed by atoms with Crippen LogP contribution in [0.3, 0.4) is 0 Å². The number of aromatic nitrogens is 2. The lowest BCUT2D eigenvalue weighted by Gasteiger charge is -2.14. The molecule has 3 aromatic carbocycles. The molecule has 0 radical (unpaired) electrons. The third kappa shape index (κ3) is 5.44. The van der Waals surface area contributed by atoms with Crippen molar-refractivity contribution in [3.8, 4) is 11.5 Å². The number of nitrogens with one attached hydrogen (secondary N) is 1. The summed E-state index contributed by atoms with van der Waals surface area (Å²) < 4.78 is 18.2. The molecule has 5 rings (SSSR count). The molecule has 10 nitrogen and oxygen atoms in total. The normalized spacial score (nSPS) is 11.9. The van der Waals surface area contributed by atoms with E-state index in [0.29, 0.717) is 17.0 Å². The highest BCUT2D eigenvalue weighted by Crippen LogP contribution is 2.32. The van der Waals surface area contributed by atoms with Crippen LogP contribution in [0.1, 0.15) is 17.5 Å². The molecule has 0 saturated heterocycles. The predicted molar refractivity (Wildman–Crippen MR) is 138 cm³/mol. The van der Waals surface area contributed by atoms with Gasteiger partial charge in [-0.3, -0.25) is 23.5 Å². The minimum absolute atomic E-state index is 0.0650. The van der Waals surface area contributed by atoms with Gasteiger partial charge in [-0.2, -0.15) is 0 Å². The van der Waals surface area contributed by atoms with Crippen molar-refractivity contribution in [1.29, 1.82) is 0 Å². The van der Waals surface area contributed by atoms with Crippen LogP contribution in [0.4, 0.5) is 0 Å². The largest absolute Gasteiger partial charge is 0.459 e. The summed E-state index contributed by atoms with van der Waals surface area (Å²) in [6.07, 6.45) is -0.101. The molecule has 0 bridgehead atoms. The number of hydrogen-bond donors (Lipinski definition) is 1. The predicted octanol–water partition coefficient (Wildman–Crippen LogP) is 2.34. The van der Waals surface area contributed by atoms with E-state index >= 15 is 0 Å². The standard InChI is InChI=1S/C28H25N3O7/c32-25(29-15-20-10-11-23-24(14-20)38-18-37-23)12-13-30-27(34)21-8-4-5-9-22(21)31(28(30)35)16-26(33)36-17-19-6-2-1-3-7-19/h1-11,14H,12-13,15-18H2,(H,29,32). The van der Waals surface area contributed by atoms with Gasteiger partial charge >= 0.3 is 11.7 Å². The number of carbonyl (C=O) groups excluding carboxylic acids is 2. The number of nitrogens with zero attached hydrogens (tertiary/aromatic N) is 2. The van der Waals surface area contributed by atoms with E-state index in [9.17, 15) is 19.2 Å². The highest BCUT2D eigenvalue weighted by Gasteiger charge is 2.17. The zero-order chi connectivity index (χ0) is 26.5. The minimum Gasteiger partial charge on any atom is -0.459 e. The monoisotopic (exact) mass is 515 g/mol. The van der Waals surface area contributed by atoms with E-state index in [1.54, 1.807) is 36.4 Å². The van der Waals surface area contributed by atoms with Crippen molar-refractivity contribution in [2.75, 3.05) is 6.79 Å². The first-order valence-corrected chi connectivity index (χ1v) is 12.1. The van der Waals surface area contributed by atoms with Gasteiger partial charge in [0.2, 0.25) is 12.7 Å². The van der Waals surface area contributed by atoms with Gasteiger partial charge in [0.15, 0.2) is 11.5 Å². The molecule has 0 saturated carbocycles. The summed E-state index contributed by atoms with van der Waals surface area (Å²) in [5.74, 6) is 0.307. The van der Waals surface area contributed by atoms with E-state index in [1.807, 2.05) is 36.4 Å². The van der Waals surface area contributed by atoms with Crippen LogP contribution in [0.25, 0.3) is 10.9 Å². The second kappa shape index (κ2) is 11.0. The van der Waals surface area contributed by atoms with Gasteiger partial charge in [0, 0.05) is 19.5 Å². The molecule has 0 atom stereocenters.